The average Bonchev–Trinajstić information content (AvgIpc) is 3.02. The molecule has 5 aromatic rings. The Hall–Kier alpha value is -3.33. The van der Waals surface area contributed by atoms with E-state index in [1.165, 1.54) is 0 Å². The van der Waals surface area contributed by atoms with Crippen molar-refractivity contribution in [2.24, 2.45) is 0 Å². The van der Waals surface area contributed by atoms with Crippen LogP contribution in [0.4, 0.5) is 0 Å². The number of nitrogens with zero attached hydrogens (tertiary/aromatic N) is 2. The van der Waals surface area contributed by atoms with Gasteiger partial charge in [-0.05, 0) is 36.4 Å². The number of benzene rings is 3. The molecule has 0 aliphatic heterocycles. The van der Waals surface area contributed by atoms with Gasteiger partial charge in [0.2, 0.25) is 0 Å². The SMILES string of the molecule is O=c1c2ccccc2n2c3ccccc3cc2n1-c1ccccc1. The fourth-order valence-electron chi connectivity index (χ4n) is 3.46. The summed E-state index contributed by atoms with van der Waals surface area (Å²) in [5.74, 6) is 0. The van der Waals surface area contributed by atoms with E-state index in [4.69, 9.17) is 0 Å². The molecule has 3 heteroatoms. The van der Waals surface area contributed by atoms with Gasteiger partial charge in [0.25, 0.3) is 5.56 Å². The molecule has 0 radical (unpaired) electrons. The summed E-state index contributed by atoms with van der Waals surface area (Å²) in [6.45, 7) is 0. The lowest BCUT2D eigenvalue weighted by Gasteiger charge is -2.12. The van der Waals surface area contributed by atoms with Crippen LogP contribution in [0.2, 0.25) is 0 Å². The fraction of sp³-hybridized carbons (Fsp3) is 0. The summed E-state index contributed by atoms with van der Waals surface area (Å²) in [5, 5.41) is 1.84. The van der Waals surface area contributed by atoms with E-state index in [0.717, 1.165) is 33.1 Å². The molecule has 0 amide bonds. The minimum atomic E-state index is 0.00658. The molecular weight excluding hydrogens is 296 g/mol. The summed E-state index contributed by atoms with van der Waals surface area (Å²) in [5.41, 5.74) is 3.80. The third-order valence-electron chi connectivity index (χ3n) is 4.51. The number of hydrogen-bond donors (Lipinski definition) is 0. The van der Waals surface area contributed by atoms with Gasteiger partial charge in [0, 0.05) is 5.39 Å². The first kappa shape index (κ1) is 13.1. The van der Waals surface area contributed by atoms with Gasteiger partial charge in [-0.2, -0.15) is 0 Å². The van der Waals surface area contributed by atoms with Crippen molar-refractivity contribution >= 4 is 27.5 Å². The van der Waals surface area contributed by atoms with E-state index in [1.54, 1.807) is 4.57 Å². The predicted octanol–water partition coefficient (Wildman–Crippen LogP) is 4.40. The van der Waals surface area contributed by atoms with Crippen molar-refractivity contribution < 1.29 is 0 Å². The van der Waals surface area contributed by atoms with Crippen LogP contribution in [-0.2, 0) is 0 Å². The van der Waals surface area contributed by atoms with Crippen LogP contribution in [0.3, 0.4) is 0 Å². The van der Waals surface area contributed by atoms with Crippen molar-refractivity contribution in [2.75, 3.05) is 0 Å². The number of aromatic nitrogens is 2. The largest absolute Gasteiger partial charge is 0.295 e. The first-order valence-corrected chi connectivity index (χ1v) is 7.94. The third kappa shape index (κ3) is 1.69. The molecule has 0 aliphatic rings. The van der Waals surface area contributed by atoms with Crippen LogP contribution in [0.1, 0.15) is 0 Å². The molecular formula is C21H14N2O. The van der Waals surface area contributed by atoms with Crippen molar-refractivity contribution in [1.29, 1.82) is 0 Å². The summed E-state index contributed by atoms with van der Waals surface area (Å²) in [4.78, 5) is 13.2. The van der Waals surface area contributed by atoms with Gasteiger partial charge < -0.3 is 0 Å². The van der Waals surface area contributed by atoms with Crippen LogP contribution in [0.5, 0.6) is 0 Å². The second-order valence-corrected chi connectivity index (χ2v) is 5.89. The first-order valence-electron chi connectivity index (χ1n) is 7.94. The minimum Gasteiger partial charge on any atom is -0.295 e. The number of fused-ring (bicyclic) bond motifs is 5. The summed E-state index contributed by atoms with van der Waals surface area (Å²) in [7, 11) is 0. The highest BCUT2D eigenvalue weighted by atomic mass is 16.1. The Morgan fingerprint density at radius 3 is 2.17 bits per heavy atom. The normalized spacial score (nSPS) is 11.5. The molecule has 3 nitrogen and oxygen atoms in total. The lowest BCUT2D eigenvalue weighted by molar-refractivity contribution is 1.01. The van der Waals surface area contributed by atoms with Crippen LogP contribution < -0.4 is 5.56 Å². The molecule has 0 bridgehead atoms. The molecule has 0 saturated carbocycles. The van der Waals surface area contributed by atoms with Gasteiger partial charge in [-0.3, -0.25) is 13.8 Å². The monoisotopic (exact) mass is 310 g/mol. The summed E-state index contributed by atoms with van der Waals surface area (Å²) in [6.07, 6.45) is 0. The van der Waals surface area contributed by atoms with Crippen LogP contribution in [0.25, 0.3) is 33.1 Å². The molecule has 0 spiro atoms. The Morgan fingerprint density at radius 1 is 0.667 bits per heavy atom. The molecule has 2 aromatic heterocycles. The Kier molecular flexibility index (Phi) is 2.65. The quantitative estimate of drug-likeness (QED) is 0.451. The second-order valence-electron chi connectivity index (χ2n) is 5.89. The Morgan fingerprint density at radius 2 is 1.33 bits per heavy atom. The molecule has 114 valence electrons. The van der Waals surface area contributed by atoms with Gasteiger partial charge in [0.05, 0.1) is 22.1 Å². The second kappa shape index (κ2) is 4.83. The molecule has 3 aromatic carbocycles. The molecule has 0 fully saturated rings. The highest BCUT2D eigenvalue weighted by molar-refractivity contribution is 5.93. The zero-order chi connectivity index (χ0) is 16.1. The Labute approximate surface area is 138 Å². The first-order chi connectivity index (χ1) is 11.8. The smallest absolute Gasteiger partial charge is 0.266 e. The van der Waals surface area contributed by atoms with Crippen molar-refractivity contribution in [3.63, 3.8) is 0 Å². The van der Waals surface area contributed by atoms with E-state index in [9.17, 15) is 4.79 Å². The fourth-order valence-corrected chi connectivity index (χ4v) is 3.46. The van der Waals surface area contributed by atoms with Crippen molar-refractivity contribution in [2.45, 2.75) is 0 Å². The zero-order valence-corrected chi connectivity index (χ0v) is 12.9. The maximum absolute atomic E-state index is 13.2. The van der Waals surface area contributed by atoms with E-state index < -0.39 is 0 Å². The Balaban J connectivity index is 2.12. The van der Waals surface area contributed by atoms with Gasteiger partial charge in [0.1, 0.15) is 5.65 Å². The number of rotatable bonds is 1. The lowest BCUT2D eigenvalue weighted by atomic mass is 10.2. The van der Waals surface area contributed by atoms with E-state index >= 15 is 0 Å². The van der Waals surface area contributed by atoms with E-state index in [-0.39, 0.29) is 5.56 Å². The summed E-state index contributed by atoms with van der Waals surface area (Å²) >= 11 is 0. The third-order valence-corrected chi connectivity index (χ3v) is 4.51. The predicted molar refractivity (Wildman–Crippen MR) is 98.0 cm³/mol. The molecule has 0 aliphatic carbocycles. The van der Waals surface area contributed by atoms with Crippen LogP contribution >= 0.6 is 0 Å². The highest BCUT2D eigenvalue weighted by Crippen LogP contribution is 2.25. The standard InChI is InChI=1S/C21H14N2O/c24-21-17-11-5-7-13-19(17)23-18-12-6-4-8-15(18)14-20(23)22(21)16-9-2-1-3-10-16/h1-14H. The highest BCUT2D eigenvalue weighted by Gasteiger charge is 2.14. The minimum absolute atomic E-state index is 0.00658. The van der Waals surface area contributed by atoms with E-state index in [2.05, 4.69) is 22.6 Å². The maximum Gasteiger partial charge on any atom is 0.266 e. The molecule has 0 saturated heterocycles. The topological polar surface area (TPSA) is 26.4 Å². The van der Waals surface area contributed by atoms with Gasteiger partial charge >= 0.3 is 0 Å². The van der Waals surface area contributed by atoms with Gasteiger partial charge in [-0.1, -0.05) is 48.5 Å². The lowest BCUT2D eigenvalue weighted by Crippen LogP contribution is -2.20. The molecule has 2 heterocycles. The van der Waals surface area contributed by atoms with Crippen LogP contribution in [0.15, 0.2) is 89.7 Å². The summed E-state index contributed by atoms with van der Waals surface area (Å²) in [6, 6.07) is 27.9. The molecule has 0 unspecified atom stereocenters. The maximum atomic E-state index is 13.2. The van der Waals surface area contributed by atoms with Gasteiger partial charge in [-0.25, -0.2) is 0 Å². The average molecular weight is 310 g/mol. The summed E-state index contributed by atoms with van der Waals surface area (Å²) < 4.78 is 3.96. The van der Waals surface area contributed by atoms with E-state index in [0.29, 0.717) is 0 Å². The number of hydrogen-bond acceptors (Lipinski definition) is 1. The Bertz CT molecular complexity index is 1260. The molecule has 0 atom stereocenters. The van der Waals surface area contributed by atoms with Gasteiger partial charge in [0.15, 0.2) is 0 Å². The van der Waals surface area contributed by atoms with Crippen LogP contribution in [0, 0.1) is 0 Å². The van der Waals surface area contributed by atoms with Crippen molar-refractivity contribution in [1.82, 2.24) is 8.97 Å². The molecule has 5 rings (SSSR count). The van der Waals surface area contributed by atoms with E-state index in [1.807, 2.05) is 66.7 Å². The van der Waals surface area contributed by atoms with Crippen molar-refractivity contribution in [3.05, 3.63) is 95.3 Å². The van der Waals surface area contributed by atoms with Crippen LogP contribution in [-0.4, -0.2) is 8.97 Å². The molecule has 0 N–H and O–H groups in total. The molecule has 24 heavy (non-hydrogen) atoms. The van der Waals surface area contributed by atoms with Gasteiger partial charge in [-0.15, -0.1) is 0 Å². The zero-order valence-electron chi connectivity index (χ0n) is 12.9. The van der Waals surface area contributed by atoms with Crippen molar-refractivity contribution in [3.8, 4) is 5.69 Å². The number of para-hydroxylation sites is 3.